The third-order valence-electron chi connectivity index (χ3n) is 3.09. The molecule has 2 unspecified atom stereocenters. The molecule has 0 amide bonds. The van der Waals surface area contributed by atoms with Crippen LogP contribution in [0.3, 0.4) is 0 Å². The van der Waals surface area contributed by atoms with Gasteiger partial charge in [0.2, 0.25) is 0 Å². The van der Waals surface area contributed by atoms with Crippen molar-refractivity contribution < 1.29 is 4.74 Å². The first-order chi connectivity index (χ1) is 9.01. The molecule has 1 fully saturated rings. The van der Waals surface area contributed by atoms with Crippen molar-refractivity contribution in [1.29, 1.82) is 0 Å². The molecule has 1 heterocycles. The molecule has 0 bridgehead atoms. The first kappa shape index (κ1) is 19.9. The molecule has 1 aliphatic rings. The summed E-state index contributed by atoms with van der Waals surface area (Å²) in [6.45, 7) is 12.7. The summed E-state index contributed by atoms with van der Waals surface area (Å²) in [6, 6.07) is 0.409. The average Bonchev–Trinajstić information content (AvgIpc) is 2.31. The third kappa shape index (κ3) is 8.26. The molecular weight excluding hydrogens is 367 g/mol. The van der Waals surface area contributed by atoms with E-state index in [1.54, 1.807) is 0 Å². The van der Waals surface area contributed by atoms with Gasteiger partial charge in [0, 0.05) is 39.3 Å². The number of hydrogen-bond acceptors (Lipinski definition) is 3. The van der Waals surface area contributed by atoms with E-state index < -0.39 is 0 Å². The van der Waals surface area contributed by atoms with Crippen LogP contribution in [0, 0.1) is 0 Å². The summed E-state index contributed by atoms with van der Waals surface area (Å²) in [5.74, 6) is 0.888. The number of guanidine groups is 1. The molecule has 1 aliphatic heterocycles. The molecule has 2 atom stereocenters. The fourth-order valence-electron chi connectivity index (χ4n) is 2.44. The van der Waals surface area contributed by atoms with E-state index in [1.165, 1.54) is 0 Å². The Labute approximate surface area is 140 Å². The Morgan fingerprint density at radius 3 is 2.40 bits per heavy atom. The Morgan fingerprint density at radius 1 is 1.30 bits per heavy atom. The lowest BCUT2D eigenvalue weighted by Crippen LogP contribution is -2.46. The summed E-state index contributed by atoms with van der Waals surface area (Å²) >= 11 is 0. The highest BCUT2D eigenvalue weighted by Crippen LogP contribution is 2.10. The number of hydrogen-bond donors (Lipinski definition) is 2. The van der Waals surface area contributed by atoms with Gasteiger partial charge in [-0.2, -0.15) is 0 Å². The van der Waals surface area contributed by atoms with Gasteiger partial charge in [0.25, 0.3) is 0 Å². The van der Waals surface area contributed by atoms with Gasteiger partial charge in [-0.3, -0.25) is 9.89 Å². The molecule has 0 aromatic carbocycles. The quantitative estimate of drug-likeness (QED) is 0.320. The normalized spacial score (nSPS) is 24.4. The highest BCUT2D eigenvalue weighted by Gasteiger charge is 2.21. The summed E-state index contributed by atoms with van der Waals surface area (Å²) < 4.78 is 5.74. The van der Waals surface area contributed by atoms with Crippen molar-refractivity contribution in [3.8, 4) is 0 Å². The number of nitrogens with zero attached hydrogens (tertiary/aromatic N) is 2. The van der Waals surface area contributed by atoms with Crippen LogP contribution in [0.4, 0.5) is 0 Å². The molecule has 1 saturated heterocycles. The first-order valence-electron chi connectivity index (χ1n) is 7.36. The van der Waals surface area contributed by atoms with Crippen LogP contribution in [0.25, 0.3) is 0 Å². The van der Waals surface area contributed by atoms with Gasteiger partial charge in [-0.05, 0) is 34.1 Å². The van der Waals surface area contributed by atoms with E-state index in [2.05, 4.69) is 48.2 Å². The minimum Gasteiger partial charge on any atom is -0.373 e. The van der Waals surface area contributed by atoms with Crippen LogP contribution in [-0.4, -0.2) is 62.3 Å². The summed E-state index contributed by atoms with van der Waals surface area (Å²) in [5.41, 5.74) is 0. The standard InChI is InChI=1S/C14H30N4O.HI/c1-11(2)17-14(15-5)16-7-6-8-18-9-12(3)19-13(4)10-18;/h11-13H,6-10H2,1-5H3,(H2,15,16,17);1H. The summed E-state index contributed by atoms with van der Waals surface area (Å²) in [7, 11) is 1.81. The smallest absolute Gasteiger partial charge is 0.191 e. The number of rotatable bonds is 5. The Morgan fingerprint density at radius 2 is 1.90 bits per heavy atom. The fraction of sp³-hybridized carbons (Fsp3) is 0.929. The number of nitrogens with one attached hydrogen (secondary N) is 2. The van der Waals surface area contributed by atoms with Crippen molar-refractivity contribution in [1.82, 2.24) is 15.5 Å². The van der Waals surface area contributed by atoms with E-state index in [0.29, 0.717) is 18.2 Å². The highest BCUT2D eigenvalue weighted by atomic mass is 127. The molecule has 6 heteroatoms. The first-order valence-corrected chi connectivity index (χ1v) is 7.36. The predicted octanol–water partition coefficient (Wildman–Crippen LogP) is 1.68. The number of morpholine rings is 1. The molecule has 0 radical (unpaired) electrons. The van der Waals surface area contributed by atoms with Gasteiger partial charge in [-0.15, -0.1) is 24.0 Å². The molecule has 0 spiro atoms. The van der Waals surface area contributed by atoms with Gasteiger partial charge in [0.1, 0.15) is 0 Å². The lowest BCUT2D eigenvalue weighted by atomic mass is 10.2. The van der Waals surface area contributed by atoms with E-state index >= 15 is 0 Å². The molecule has 5 nitrogen and oxygen atoms in total. The molecule has 0 aliphatic carbocycles. The van der Waals surface area contributed by atoms with Crippen molar-refractivity contribution in [2.45, 2.75) is 52.4 Å². The van der Waals surface area contributed by atoms with Gasteiger partial charge in [-0.25, -0.2) is 0 Å². The van der Waals surface area contributed by atoms with E-state index in [-0.39, 0.29) is 24.0 Å². The van der Waals surface area contributed by atoms with E-state index in [0.717, 1.165) is 38.6 Å². The average molecular weight is 398 g/mol. The topological polar surface area (TPSA) is 48.9 Å². The largest absolute Gasteiger partial charge is 0.373 e. The van der Waals surface area contributed by atoms with Crippen LogP contribution in [0.1, 0.15) is 34.1 Å². The van der Waals surface area contributed by atoms with Gasteiger partial charge in [-0.1, -0.05) is 0 Å². The number of aliphatic imine (C=N–C) groups is 1. The van der Waals surface area contributed by atoms with Crippen molar-refractivity contribution in [2.24, 2.45) is 4.99 Å². The summed E-state index contributed by atoms with van der Waals surface area (Å²) in [5, 5.41) is 6.63. The lowest BCUT2D eigenvalue weighted by Gasteiger charge is -2.35. The monoisotopic (exact) mass is 398 g/mol. The highest BCUT2D eigenvalue weighted by molar-refractivity contribution is 14.0. The second-order valence-corrected chi connectivity index (χ2v) is 5.67. The van der Waals surface area contributed by atoms with Crippen LogP contribution in [0.2, 0.25) is 0 Å². The Kier molecular flexibility index (Phi) is 10.6. The van der Waals surface area contributed by atoms with Gasteiger partial charge in [0.15, 0.2) is 5.96 Å². The molecule has 20 heavy (non-hydrogen) atoms. The van der Waals surface area contributed by atoms with E-state index in [1.807, 2.05) is 7.05 Å². The zero-order valence-corrected chi connectivity index (χ0v) is 15.8. The molecule has 0 aromatic heterocycles. The van der Waals surface area contributed by atoms with Gasteiger partial charge < -0.3 is 15.4 Å². The second kappa shape index (κ2) is 10.6. The van der Waals surface area contributed by atoms with Crippen LogP contribution < -0.4 is 10.6 Å². The van der Waals surface area contributed by atoms with Crippen LogP contribution in [0.15, 0.2) is 4.99 Å². The van der Waals surface area contributed by atoms with Crippen molar-refractivity contribution in [3.63, 3.8) is 0 Å². The second-order valence-electron chi connectivity index (χ2n) is 5.67. The Balaban J connectivity index is 0.00000361. The maximum Gasteiger partial charge on any atom is 0.191 e. The zero-order valence-electron chi connectivity index (χ0n) is 13.5. The molecule has 0 aromatic rings. The van der Waals surface area contributed by atoms with E-state index in [4.69, 9.17) is 4.74 Å². The van der Waals surface area contributed by atoms with E-state index in [9.17, 15) is 0 Å². The zero-order chi connectivity index (χ0) is 14.3. The molecular formula is C14H31IN4O. The van der Waals surface area contributed by atoms with Crippen molar-refractivity contribution >= 4 is 29.9 Å². The molecule has 1 rings (SSSR count). The maximum absolute atomic E-state index is 5.74. The Hall–Kier alpha value is -0.0800. The minimum absolute atomic E-state index is 0. The molecule has 0 saturated carbocycles. The predicted molar refractivity (Wildman–Crippen MR) is 96.1 cm³/mol. The summed E-state index contributed by atoms with van der Waals surface area (Å²) in [6.07, 6.45) is 1.83. The summed E-state index contributed by atoms with van der Waals surface area (Å²) in [4.78, 5) is 6.68. The van der Waals surface area contributed by atoms with Crippen LogP contribution in [-0.2, 0) is 4.74 Å². The lowest BCUT2D eigenvalue weighted by molar-refractivity contribution is -0.0679. The van der Waals surface area contributed by atoms with Gasteiger partial charge in [0.05, 0.1) is 12.2 Å². The van der Waals surface area contributed by atoms with Gasteiger partial charge >= 0.3 is 0 Å². The third-order valence-corrected chi connectivity index (χ3v) is 3.09. The fourth-order valence-corrected chi connectivity index (χ4v) is 2.44. The SMILES string of the molecule is CN=C(NCCCN1CC(C)OC(C)C1)NC(C)C.I. The van der Waals surface area contributed by atoms with Crippen molar-refractivity contribution in [2.75, 3.05) is 33.2 Å². The molecule has 120 valence electrons. The number of halogens is 1. The van der Waals surface area contributed by atoms with Crippen LogP contribution in [0.5, 0.6) is 0 Å². The van der Waals surface area contributed by atoms with Crippen LogP contribution >= 0.6 is 24.0 Å². The number of ether oxygens (including phenoxy) is 1. The molecule has 2 N–H and O–H groups in total. The van der Waals surface area contributed by atoms with Crippen molar-refractivity contribution in [3.05, 3.63) is 0 Å². The Bertz CT molecular complexity index is 276. The maximum atomic E-state index is 5.74. The minimum atomic E-state index is 0.